The summed E-state index contributed by atoms with van der Waals surface area (Å²) in [5.41, 5.74) is 5.29. The number of halogens is 1. The molecule has 0 N–H and O–H groups in total. The summed E-state index contributed by atoms with van der Waals surface area (Å²) in [6, 6.07) is 8.67. The lowest BCUT2D eigenvalue weighted by Gasteiger charge is -2.31. The molecule has 1 fully saturated rings. The van der Waals surface area contributed by atoms with Gasteiger partial charge < -0.3 is 9.32 Å². The Balaban J connectivity index is 1.20. The Bertz CT molecular complexity index is 1330. The van der Waals surface area contributed by atoms with Crippen molar-refractivity contribution in [2.24, 2.45) is 0 Å². The van der Waals surface area contributed by atoms with Gasteiger partial charge in [-0.15, -0.1) is 0 Å². The summed E-state index contributed by atoms with van der Waals surface area (Å²) in [5, 5.41) is 1.03. The number of nitrogens with zero attached hydrogens (tertiary/aromatic N) is 3. The predicted molar refractivity (Wildman–Crippen MR) is 124 cm³/mol. The minimum Gasteiger partial charge on any atom is -0.464 e. The van der Waals surface area contributed by atoms with E-state index in [1.165, 1.54) is 17.7 Å². The van der Waals surface area contributed by atoms with Crippen molar-refractivity contribution < 1.29 is 8.81 Å². The van der Waals surface area contributed by atoms with Gasteiger partial charge in [0, 0.05) is 34.5 Å². The fourth-order valence-corrected chi connectivity index (χ4v) is 5.01. The fraction of sp³-hybridized carbons (Fsp3) is 0.385. The van der Waals surface area contributed by atoms with E-state index in [1.54, 1.807) is 16.9 Å². The van der Waals surface area contributed by atoms with E-state index in [4.69, 9.17) is 4.42 Å². The van der Waals surface area contributed by atoms with Crippen molar-refractivity contribution in [3.8, 4) is 0 Å². The van der Waals surface area contributed by atoms with E-state index in [0.717, 1.165) is 73.2 Å². The zero-order chi connectivity index (χ0) is 22.2. The highest BCUT2D eigenvalue weighted by Gasteiger charge is 2.23. The molecule has 4 aromatic rings. The van der Waals surface area contributed by atoms with Gasteiger partial charge in [-0.1, -0.05) is 6.07 Å². The van der Waals surface area contributed by atoms with Crippen LogP contribution in [-0.2, 0) is 6.42 Å². The number of fused-ring (bicyclic) bond motifs is 2. The molecule has 1 aliphatic rings. The van der Waals surface area contributed by atoms with Crippen molar-refractivity contribution in [3.05, 3.63) is 81.3 Å². The first-order valence-corrected chi connectivity index (χ1v) is 11.4. The van der Waals surface area contributed by atoms with Crippen molar-refractivity contribution in [2.45, 2.75) is 45.4 Å². The number of furan rings is 1. The maximum absolute atomic E-state index is 13.4. The van der Waals surface area contributed by atoms with Crippen LogP contribution in [-0.4, -0.2) is 33.9 Å². The average Bonchev–Trinajstić information content (AvgIpc) is 3.20. The number of pyridine rings is 1. The van der Waals surface area contributed by atoms with Crippen LogP contribution in [0.5, 0.6) is 0 Å². The second-order valence-electron chi connectivity index (χ2n) is 8.92. The molecule has 0 atom stereocenters. The van der Waals surface area contributed by atoms with Crippen LogP contribution < -0.4 is 5.56 Å². The van der Waals surface area contributed by atoms with Gasteiger partial charge in [0.05, 0.1) is 6.26 Å². The van der Waals surface area contributed by atoms with Gasteiger partial charge in [0.25, 0.3) is 5.56 Å². The van der Waals surface area contributed by atoms with Gasteiger partial charge in [-0.2, -0.15) is 0 Å². The van der Waals surface area contributed by atoms with Gasteiger partial charge in [0.15, 0.2) is 0 Å². The quantitative estimate of drug-likeness (QED) is 0.444. The minimum atomic E-state index is -0.264. The number of aryl methyl sites for hydroxylation is 2. The van der Waals surface area contributed by atoms with E-state index in [2.05, 4.69) is 9.88 Å². The summed E-state index contributed by atoms with van der Waals surface area (Å²) in [7, 11) is 0. The van der Waals surface area contributed by atoms with Crippen LogP contribution in [0.2, 0.25) is 0 Å². The summed E-state index contributed by atoms with van der Waals surface area (Å²) in [6.07, 6.45) is 7.41. The molecule has 0 saturated carbocycles. The summed E-state index contributed by atoms with van der Waals surface area (Å²) >= 11 is 0. The Morgan fingerprint density at radius 3 is 2.81 bits per heavy atom. The monoisotopic (exact) mass is 433 g/mol. The lowest BCUT2D eigenvalue weighted by molar-refractivity contribution is 0.210. The van der Waals surface area contributed by atoms with Gasteiger partial charge in [0.2, 0.25) is 0 Å². The number of hydrogen-bond donors (Lipinski definition) is 0. The van der Waals surface area contributed by atoms with Crippen LogP contribution in [0.1, 0.15) is 47.6 Å². The molecule has 6 heteroatoms. The molecule has 0 spiro atoms. The van der Waals surface area contributed by atoms with Crippen molar-refractivity contribution in [1.29, 1.82) is 0 Å². The zero-order valence-electron chi connectivity index (χ0n) is 18.6. The molecule has 0 amide bonds. The van der Waals surface area contributed by atoms with Gasteiger partial charge in [0.1, 0.15) is 17.0 Å². The van der Waals surface area contributed by atoms with Gasteiger partial charge in [-0.05, 0) is 88.8 Å². The van der Waals surface area contributed by atoms with Crippen LogP contribution in [0.25, 0.3) is 16.6 Å². The summed E-state index contributed by atoms with van der Waals surface area (Å²) in [6.45, 7) is 6.93. The first-order chi connectivity index (χ1) is 15.5. The summed E-state index contributed by atoms with van der Waals surface area (Å²) < 4.78 is 20.7. The van der Waals surface area contributed by atoms with Crippen molar-refractivity contribution in [2.75, 3.05) is 19.6 Å². The highest BCUT2D eigenvalue weighted by Crippen LogP contribution is 2.34. The molecule has 0 aliphatic carbocycles. The van der Waals surface area contributed by atoms with Crippen molar-refractivity contribution in [1.82, 2.24) is 14.3 Å². The molecule has 5 nitrogen and oxygen atoms in total. The number of aromatic nitrogens is 2. The van der Waals surface area contributed by atoms with Gasteiger partial charge >= 0.3 is 0 Å². The second-order valence-corrected chi connectivity index (χ2v) is 8.92. The Kier molecular flexibility index (Phi) is 5.55. The number of hydrogen-bond acceptors (Lipinski definition) is 4. The molecule has 3 aromatic heterocycles. The van der Waals surface area contributed by atoms with E-state index < -0.39 is 0 Å². The number of piperidine rings is 1. The largest absolute Gasteiger partial charge is 0.464 e. The van der Waals surface area contributed by atoms with E-state index >= 15 is 0 Å². The molecule has 1 saturated heterocycles. The van der Waals surface area contributed by atoms with Gasteiger partial charge in [-0.25, -0.2) is 9.37 Å². The first kappa shape index (κ1) is 20.9. The number of likely N-dealkylation sites (tertiary alicyclic amines) is 1. The second kappa shape index (κ2) is 8.51. The fourth-order valence-electron chi connectivity index (χ4n) is 5.01. The lowest BCUT2D eigenvalue weighted by atomic mass is 9.89. The maximum Gasteiger partial charge on any atom is 0.261 e. The molecular formula is C26H28FN3O2. The molecule has 4 heterocycles. The van der Waals surface area contributed by atoms with Crippen LogP contribution in [0, 0.1) is 19.7 Å². The topological polar surface area (TPSA) is 50.8 Å². The maximum atomic E-state index is 13.4. The summed E-state index contributed by atoms with van der Waals surface area (Å²) in [4.78, 5) is 20.1. The molecule has 1 aliphatic heterocycles. The standard InChI is InChI=1S/C26H28FN3O2/c1-17-5-3-12-30-25(17)28-18(2)21(26(30)31)6-4-11-29-13-9-19(10-14-29)23-16-32-24-15-20(27)7-8-22(23)24/h3,5,7-8,12,15-16,19H,4,6,9-11,13-14H2,1-2H3. The van der Waals surface area contributed by atoms with Crippen LogP contribution in [0.4, 0.5) is 4.39 Å². The summed E-state index contributed by atoms with van der Waals surface area (Å²) in [5.74, 6) is 0.178. The Morgan fingerprint density at radius 1 is 1.19 bits per heavy atom. The highest BCUT2D eigenvalue weighted by molar-refractivity contribution is 5.81. The number of benzene rings is 1. The molecule has 0 unspecified atom stereocenters. The van der Waals surface area contributed by atoms with Crippen molar-refractivity contribution >= 4 is 16.6 Å². The van der Waals surface area contributed by atoms with Crippen LogP contribution >= 0.6 is 0 Å². The Labute approximate surface area is 186 Å². The molecule has 32 heavy (non-hydrogen) atoms. The van der Waals surface area contributed by atoms with E-state index in [0.29, 0.717) is 11.5 Å². The molecule has 0 bridgehead atoms. The zero-order valence-corrected chi connectivity index (χ0v) is 18.6. The molecule has 0 radical (unpaired) electrons. The highest BCUT2D eigenvalue weighted by atomic mass is 19.1. The average molecular weight is 434 g/mol. The molecule has 1 aromatic carbocycles. The molecular weight excluding hydrogens is 405 g/mol. The Hall–Kier alpha value is -2.99. The minimum absolute atomic E-state index is 0.0539. The third-order valence-corrected chi connectivity index (χ3v) is 6.85. The van der Waals surface area contributed by atoms with E-state index in [1.807, 2.05) is 32.0 Å². The molecule has 166 valence electrons. The normalized spacial score (nSPS) is 15.7. The van der Waals surface area contributed by atoms with Crippen LogP contribution in [0.3, 0.4) is 0 Å². The first-order valence-electron chi connectivity index (χ1n) is 11.4. The number of rotatable bonds is 5. The van der Waals surface area contributed by atoms with E-state index in [-0.39, 0.29) is 11.4 Å². The van der Waals surface area contributed by atoms with Gasteiger partial charge in [-0.3, -0.25) is 9.20 Å². The Morgan fingerprint density at radius 2 is 2.00 bits per heavy atom. The van der Waals surface area contributed by atoms with Crippen molar-refractivity contribution in [3.63, 3.8) is 0 Å². The third-order valence-electron chi connectivity index (χ3n) is 6.85. The third kappa shape index (κ3) is 3.84. The SMILES string of the molecule is Cc1nc2c(C)cccn2c(=O)c1CCCN1CCC(c2coc3cc(F)ccc23)CC1. The smallest absolute Gasteiger partial charge is 0.261 e. The lowest BCUT2D eigenvalue weighted by Crippen LogP contribution is -2.34. The molecule has 5 rings (SSSR count). The van der Waals surface area contributed by atoms with E-state index in [9.17, 15) is 9.18 Å². The van der Waals surface area contributed by atoms with Crippen LogP contribution in [0.15, 0.2) is 52.0 Å². The predicted octanol–water partition coefficient (Wildman–Crippen LogP) is 5.01.